The van der Waals surface area contributed by atoms with Gasteiger partial charge in [-0.15, -0.1) is 10.2 Å². The third-order valence-electron chi connectivity index (χ3n) is 6.05. The highest BCUT2D eigenvalue weighted by atomic mass is 15.3. The predicted molar refractivity (Wildman–Crippen MR) is 66.9 cm³/mol. The summed E-state index contributed by atoms with van der Waals surface area (Å²) in [5.41, 5.74) is 6.10. The Balaban J connectivity index is 1.51. The summed E-state index contributed by atoms with van der Waals surface area (Å²) in [6.07, 6.45) is 6.54. The summed E-state index contributed by atoms with van der Waals surface area (Å²) in [6, 6.07) is 0.308. The Labute approximate surface area is 107 Å². The number of aryl methyl sites for hydroxylation is 1. The molecule has 1 aliphatic heterocycles. The molecule has 3 fully saturated rings. The van der Waals surface area contributed by atoms with Crippen LogP contribution < -0.4 is 5.73 Å². The molecular weight excluding hydrogens is 224 g/mol. The van der Waals surface area contributed by atoms with Gasteiger partial charge in [0.25, 0.3) is 0 Å². The fourth-order valence-corrected chi connectivity index (χ4v) is 5.29. The molecule has 0 saturated heterocycles. The zero-order valence-corrected chi connectivity index (χ0v) is 10.6. The number of hydrogen-bond donors (Lipinski definition) is 1. The maximum Gasteiger partial charge on any atom is 0.136 e. The van der Waals surface area contributed by atoms with Gasteiger partial charge in [0.15, 0.2) is 0 Å². The van der Waals surface area contributed by atoms with E-state index in [4.69, 9.17) is 5.73 Å². The van der Waals surface area contributed by atoms with Crippen molar-refractivity contribution in [3.05, 3.63) is 11.6 Å². The van der Waals surface area contributed by atoms with E-state index in [1.165, 1.54) is 30.9 Å². The molecule has 0 aromatic carbocycles. The van der Waals surface area contributed by atoms with E-state index in [0.29, 0.717) is 6.04 Å². The van der Waals surface area contributed by atoms with Gasteiger partial charge in [-0.25, -0.2) is 0 Å². The molecule has 2 N–H and O–H groups in total. The molecule has 4 nitrogen and oxygen atoms in total. The van der Waals surface area contributed by atoms with Crippen LogP contribution in [0.2, 0.25) is 0 Å². The van der Waals surface area contributed by atoms with Gasteiger partial charge in [-0.05, 0) is 49.4 Å². The highest BCUT2D eigenvalue weighted by Crippen LogP contribution is 2.72. The van der Waals surface area contributed by atoms with Gasteiger partial charge in [-0.2, -0.15) is 0 Å². The van der Waals surface area contributed by atoms with Crippen molar-refractivity contribution in [1.29, 1.82) is 0 Å². The predicted octanol–water partition coefficient (Wildman–Crippen LogP) is 1.31. The van der Waals surface area contributed by atoms with E-state index in [0.717, 1.165) is 49.0 Å². The van der Waals surface area contributed by atoms with E-state index in [-0.39, 0.29) is 0 Å². The molecule has 4 heteroatoms. The highest BCUT2D eigenvalue weighted by Gasteiger charge is 2.66. The zero-order chi connectivity index (χ0) is 11.9. The molecule has 2 heterocycles. The Hall–Kier alpha value is -0.900. The molecule has 0 radical (unpaired) electrons. The molecular formula is C14H20N4. The van der Waals surface area contributed by atoms with Crippen LogP contribution in [-0.2, 0) is 13.0 Å². The second-order valence-electron chi connectivity index (χ2n) is 6.90. The Morgan fingerprint density at radius 3 is 2.61 bits per heavy atom. The highest BCUT2D eigenvalue weighted by molar-refractivity contribution is 5.25. The van der Waals surface area contributed by atoms with Crippen molar-refractivity contribution in [2.24, 2.45) is 29.4 Å². The van der Waals surface area contributed by atoms with E-state index < -0.39 is 0 Å². The quantitative estimate of drug-likeness (QED) is 0.810. The van der Waals surface area contributed by atoms with E-state index >= 15 is 0 Å². The second kappa shape index (κ2) is 3.16. The third kappa shape index (κ3) is 1.11. The molecule has 96 valence electrons. The lowest BCUT2D eigenvalue weighted by molar-refractivity contribution is 0.429. The van der Waals surface area contributed by atoms with E-state index in [1.54, 1.807) is 0 Å². The first-order chi connectivity index (χ1) is 8.83. The summed E-state index contributed by atoms with van der Waals surface area (Å²) < 4.78 is 2.36. The first-order valence-corrected chi connectivity index (χ1v) is 7.50. The third-order valence-corrected chi connectivity index (χ3v) is 6.05. The van der Waals surface area contributed by atoms with Crippen LogP contribution in [0.5, 0.6) is 0 Å². The summed E-state index contributed by atoms with van der Waals surface area (Å²) in [5, 5.41) is 8.94. The maximum absolute atomic E-state index is 6.10. The summed E-state index contributed by atoms with van der Waals surface area (Å²) >= 11 is 0. The van der Waals surface area contributed by atoms with Crippen LogP contribution in [-0.4, -0.2) is 20.8 Å². The average molecular weight is 244 g/mol. The molecule has 2 bridgehead atoms. The number of fused-ring (bicyclic) bond motifs is 6. The monoisotopic (exact) mass is 244 g/mol. The Bertz CT molecular complexity index is 492. The van der Waals surface area contributed by atoms with Crippen LogP contribution in [0.3, 0.4) is 0 Å². The minimum atomic E-state index is 0.308. The van der Waals surface area contributed by atoms with Gasteiger partial charge in [-0.3, -0.25) is 0 Å². The molecule has 0 amide bonds. The number of aromatic nitrogens is 3. The van der Waals surface area contributed by atoms with Crippen LogP contribution in [0.25, 0.3) is 0 Å². The van der Waals surface area contributed by atoms with Gasteiger partial charge < -0.3 is 10.3 Å². The standard InChI is InChI=1S/C14H20N4/c15-9-3-4-10-16-17-14(18(10)6-9)13-11-7-1-2-8(5-7)12(11)13/h7-9,11-13H,1-6,15H2. The summed E-state index contributed by atoms with van der Waals surface area (Å²) in [4.78, 5) is 0. The van der Waals surface area contributed by atoms with Crippen molar-refractivity contribution in [3.8, 4) is 0 Å². The topological polar surface area (TPSA) is 56.7 Å². The number of nitrogens with zero attached hydrogens (tertiary/aromatic N) is 3. The first kappa shape index (κ1) is 9.96. The summed E-state index contributed by atoms with van der Waals surface area (Å²) in [5.74, 6) is 7.13. The second-order valence-corrected chi connectivity index (χ2v) is 6.90. The summed E-state index contributed by atoms with van der Waals surface area (Å²) in [6.45, 7) is 0.947. The van der Waals surface area contributed by atoms with Gasteiger partial charge in [0, 0.05) is 24.9 Å². The van der Waals surface area contributed by atoms with Crippen molar-refractivity contribution in [2.75, 3.05) is 0 Å². The van der Waals surface area contributed by atoms with Gasteiger partial charge in [0.1, 0.15) is 11.6 Å². The molecule has 3 saturated carbocycles. The Kier molecular flexibility index (Phi) is 1.75. The molecule has 5 rings (SSSR count). The average Bonchev–Trinajstić information content (AvgIpc) is 2.77. The molecule has 0 spiro atoms. The lowest BCUT2D eigenvalue weighted by Crippen LogP contribution is -2.32. The Morgan fingerprint density at radius 1 is 1.06 bits per heavy atom. The van der Waals surface area contributed by atoms with Gasteiger partial charge >= 0.3 is 0 Å². The number of hydrogen-bond acceptors (Lipinski definition) is 3. The minimum absolute atomic E-state index is 0.308. The lowest BCUT2D eigenvalue weighted by atomic mass is 10.0. The van der Waals surface area contributed by atoms with Crippen molar-refractivity contribution in [2.45, 2.75) is 50.6 Å². The van der Waals surface area contributed by atoms with Crippen molar-refractivity contribution < 1.29 is 0 Å². The van der Waals surface area contributed by atoms with Crippen LogP contribution in [0.1, 0.15) is 43.3 Å². The van der Waals surface area contributed by atoms with Gasteiger partial charge in [0.2, 0.25) is 0 Å². The lowest BCUT2D eigenvalue weighted by Gasteiger charge is -2.21. The van der Waals surface area contributed by atoms with Crippen LogP contribution in [0.4, 0.5) is 0 Å². The van der Waals surface area contributed by atoms with Gasteiger partial charge in [-0.1, -0.05) is 0 Å². The number of rotatable bonds is 1. The van der Waals surface area contributed by atoms with E-state index in [2.05, 4.69) is 14.8 Å². The van der Waals surface area contributed by atoms with Crippen molar-refractivity contribution in [1.82, 2.24) is 14.8 Å². The van der Waals surface area contributed by atoms with Crippen molar-refractivity contribution in [3.63, 3.8) is 0 Å². The van der Waals surface area contributed by atoms with Crippen LogP contribution in [0.15, 0.2) is 0 Å². The first-order valence-electron chi connectivity index (χ1n) is 7.50. The normalized spacial score (nSPS) is 48.1. The van der Waals surface area contributed by atoms with E-state index in [1.807, 2.05) is 0 Å². The summed E-state index contributed by atoms with van der Waals surface area (Å²) in [7, 11) is 0. The smallest absolute Gasteiger partial charge is 0.136 e. The van der Waals surface area contributed by atoms with E-state index in [9.17, 15) is 0 Å². The van der Waals surface area contributed by atoms with Crippen LogP contribution in [0, 0.1) is 23.7 Å². The zero-order valence-electron chi connectivity index (χ0n) is 10.6. The van der Waals surface area contributed by atoms with Gasteiger partial charge in [0.05, 0.1) is 0 Å². The fraction of sp³-hybridized carbons (Fsp3) is 0.857. The fourth-order valence-electron chi connectivity index (χ4n) is 5.29. The molecule has 18 heavy (non-hydrogen) atoms. The molecule has 1 aromatic rings. The number of nitrogens with two attached hydrogens (primary N) is 1. The molecule has 3 aliphatic carbocycles. The SMILES string of the molecule is NC1CCc2nnc(C3C4C5CCC(C5)C34)n2C1. The molecule has 1 aromatic heterocycles. The largest absolute Gasteiger partial charge is 0.326 e. The van der Waals surface area contributed by atoms with Crippen molar-refractivity contribution >= 4 is 0 Å². The van der Waals surface area contributed by atoms with Crippen LogP contribution >= 0.6 is 0 Å². The molecule has 4 aliphatic rings. The Morgan fingerprint density at radius 2 is 1.83 bits per heavy atom. The molecule has 5 unspecified atom stereocenters. The maximum atomic E-state index is 6.10. The molecule has 5 atom stereocenters. The minimum Gasteiger partial charge on any atom is -0.326 e.